The number of aliphatic hydroxyl groups is 1. The molecule has 0 aliphatic carbocycles. The van der Waals surface area contributed by atoms with Crippen molar-refractivity contribution in [2.45, 2.75) is 32.4 Å². The molecule has 0 amide bonds. The van der Waals surface area contributed by atoms with Crippen LogP contribution in [0.3, 0.4) is 0 Å². The van der Waals surface area contributed by atoms with E-state index in [-0.39, 0.29) is 18.7 Å². The van der Waals surface area contributed by atoms with E-state index in [4.69, 9.17) is 4.74 Å². The summed E-state index contributed by atoms with van der Waals surface area (Å²) in [5.74, 6) is 0.290. The van der Waals surface area contributed by atoms with Crippen LogP contribution in [0.1, 0.15) is 30.5 Å². The smallest absolute Gasteiger partial charge is 0.120 e. The van der Waals surface area contributed by atoms with Crippen molar-refractivity contribution >= 4 is 0 Å². The topological polar surface area (TPSA) is 61.7 Å². The van der Waals surface area contributed by atoms with Gasteiger partial charge in [0.25, 0.3) is 0 Å². The molecule has 0 radical (unpaired) electrons. The Labute approximate surface area is 109 Å². The molecule has 0 bridgehead atoms. The minimum Gasteiger partial charge on any atom is -0.508 e. The van der Waals surface area contributed by atoms with Gasteiger partial charge in [0.1, 0.15) is 5.75 Å². The van der Waals surface area contributed by atoms with E-state index in [0.717, 1.165) is 17.5 Å². The molecule has 0 saturated carbocycles. The molecule has 18 heavy (non-hydrogen) atoms. The first-order valence-electron chi connectivity index (χ1n) is 6.23. The van der Waals surface area contributed by atoms with Gasteiger partial charge in [-0.05, 0) is 31.9 Å². The number of ether oxygens (including phenoxy) is 1. The summed E-state index contributed by atoms with van der Waals surface area (Å²) in [6.07, 6.45) is 0.740. The lowest BCUT2D eigenvalue weighted by molar-refractivity contribution is 0.155. The number of benzene rings is 1. The normalized spacial score (nSPS) is 14.4. The number of aliphatic hydroxyl groups excluding tert-OH is 1. The lowest BCUT2D eigenvalue weighted by Crippen LogP contribution is -2.35. The van der Waals surface area contributed by atoms with Crippen LogP contribution in [0.5, 0.6) is 5.75 Å². The average molecular weight is 253 g/mol. The van der Waals surface area contributed by atoms with E-state index in [0.29, 0.717) is 12.4 Å². The molecule has 102 valence electrons. The summed E-state index contributed by atoms with van der Waals surface area (Å²) in [6, 6.07) is 5.58. The van der Waals surface area contributed by atoms with E-state index in [1.807, 2.05) is 26.0 Å². The van der Waals surface area contributed by atoms with Gasteiger partial charge >= 0.3 is 0 Å². The Morgan fingerprint density at radius 1 is 1.39 bits per heavy atom. The molecule has 0 aliphatic heterocycles. The van der Waals surface area contributed by atoms with Crippen LogP contribution in [0.25, 0.3) is 0 Å². The zero-order valence-electron chi connectivity index (χ0n) is 11.3. The number of hydrogen-bond donors (Lipinski definition) is 3. The molecule has 1 aromatic carbocycles. The fraction of sp³-hybridized carbons (Fsp3) is 0.571. The minimum absolute atomic E-state index is 0.0143. The SMILES string of the molecule is COCCC(CO)NC(C)c1ccc(C)cc1O. The van der Waals surface area contributed by atoms with Gasteiger partial charge in [0.05, 0.1) is 6.61 Å². The highest BCUT2D eigenvalue weighted by atomic mass is 16.5. The van der Waals surface area contributed by atoms with E-state index in [1.165, 1.54) is 0 Å². The fourth-order valence-corrected chi connectivity index (χ4v) is 1.95. The molecule has 4 heteroatoms. The minimum atomic E-state index is -0.0272. The molecule has 0 saturated heterocycles. The van der Waals surface area contributed by atoms with Crippen molar-refractivity contribution in [1.29, 1.82) is 0 Å². The summed E-state index contributed by atoms with van der Waals surface area (Å²) in [4.78, 5) is 0. The Kier molecular flexibility index (Phi) is 6.12. The third-order valence-electron chi connectivity index (χ3n) is 3.03. The number of phenols is 1. The predicted octanol–water partition coefficient (Wildman–Crippen LogP) is 1.75. The lowest BCUT2D eigenvalue weighted by Gasteiger charge is -2.22. The quantitative estimate of drug-likeness (QED) is 0.693. The van der Waals surface area contributed by atoms with Crippen molar-refractivity contribution in [2.24, 2.45) is 0 Å². The first-order chi connectivity index (χ1) is 8.58. The summed E-state index contributed by atoms with van der Waals surface area (Å²) in [6.45, 7) is 4.57. The van der Waals surface area contributed by atoms with Gasteiger partial charge in [-0.3, -0.25) is 0 Å². The van der Waals surface area contributed by atoms with Crippen molar-refractivity contribution in [3.05, 3.63) is 29.3 Å². The number of phenolic OH excluding ortho intramolecular Hbond substituents is 1. The van der Waals surface area contributed by atoms with Crippen molar-refractivity contribution in [3.8, 4) is 5.75 Å². The number of methoxy groups -OCH3 is 1. The maximum Gasteiger partial charge on any atom is 0.120 e. The molecule has 0 aliphatic rings. The number of aryl methyl sites for hydroxylation is 1. The van der Waals surface area contributed by atoms with Gasteiger partial charge in [0.15, 0.2) is 0 Å². The summed E-state index contributed by atoms with van der Waals surface area (Å²) < 4.78 is 5.00. The Hall–Kier alpha value is -1.10. The first kappa shape index (κ1) is 15.0. The number of rotatable bonds is 7. The van der Waals surface area contributed by atoms with Crippen LogP contribution in [-0.2, 0) is 4.74 Å². The maximum absolute atomic E-state index is 9.90. The highest BCUT2D eigenvalue weighted by Gasteiger charge is 2.15. The van der Waals surface area contributed by atoms with Crippen molar-refractivity contribution in [1.82, 2.24) is 5.32 Å². The second kappa shape index (κ2) is 7.36. The van der Waals surface area contributed by atoms with Gasteiger partial charge < -0.3 is 20.3 Å². The van der Waals surface area contributed by atoms with Gasteiger partial charge in [-0.1, -0.05) is 12.1 Å². The van der Waals surface area contributed by atoms with Gasteiger partial charge in [0.2, 0.25) is 0 Å². The summed E-state index contributed by atoms with van der Waals surface area (Å²) in [7, 11) is 1.64. The zero-order valence-corrected chi connectivity index (χ0v) is 11.3. The highest BCUT2D eigenvalue weighted by molar-refractivity contribution is 5.37. The van der Waals surface area contributed by atoms with Gasteiger partial charge in [-0.25, -0.2) is 0 Å². The van der Waals surface area contributed by atoms with Crippen LogP contribution in [-0.4, -0.2) is 36.6 Å². The molecular formula is C14H23NO3. The molecular weight excluding hydrogens is 230 g/mol. The van der Waals surface area contributed by atoms with Crippen LogP contribution in [0.4, 0.5) is 0 Å². The molecule has 2 unspecified atom stereocenters. The monoisotopic (exact) mass is 253 g/mol. The maximum atomic E-state index is 9.90. The molecule has 4 nitrogen and oxygen atoms in total. The van der Waals surface area contributed by atoms with Crippen molar-refractivity contribution in [2.75, 3.05) is 20.3 Å². The standard InChI is InChI=1S/C14H23NO3/c1-10-4-5-13(14(17)8-10)11(2)15-12(9-16)6-7-18-3/h4-5,8,11-12,15-17H,6-7,9H2,1-3H3. The largest absolute Gasteiger partial charge is 0.508 e. The molecule has 0 heterocycles. The second-order valence-corrected chi connectivity index (χ2v) is 4.61. The van der Waals surface area contributed by atoms with E-state index in [9.17, 15) is 10.2 Å². The zero-order chi connectivity index (χ0) is 13.5. The number of hydrogen-bond acceptors (Lipinski definition) is 4. The Morgan fingerprint density at radius 3 is 2.67 bits per heavy atom. The van der Waals surface area contributed by atoms with Crippen molar-refractivity contribution < 1.29 is 14.9 Å². The predicted molar refractivity (Wildman–Crippen MR) is 71.8 cm³/mol. The van der Waals surface area contributed by atoms with Gasteiger partial charge in [0, 0.05) is 31.4 Å². The first-order valence-corrected chi connectivity index (χ1v) is 6.23. The van der Waals surface area contributed by atoms with Crippen LogP contribution in [0.15, 0.2) is 18.2 Å². The molecule has 0 aromatic heterocycles. The molecule has 0 spiro atoms. The summed E-state index contributed by atoms with van der Waals surface area (Å²) in [5, 5.41) is 22.5. The summed E-state index contributed by atoms with van der Waals surface area (Å²) >= 11 is 0. The van der Waals surface area contributed by atoms with E-state index >= 15 is 0 Å². The van der Waals surface area contributed by atoms with Crippen LogP contribution in [0.2, 0.25) is 0 Å². The van der Waals surface area contributed by atoms with E-state index in [1.54, 1.807) is 13.2 Å². The van der Waals surface area contributed by atoms with Crippen LogP contribution >= 0.6 is 0 Å². The highest BCUT2D eigenvalue weighted by Crippen LogP contribution is 2.25. The average Bonchev–Trinajstić information content (AvgIpc) is 2.34. The van der Waals surface area contributed by atoms with Gasteiger partial charge in [-0.2, -0.15) is 0 Å². The Morgan fingerprint density at radius 2 is 2.11 bits per heavy atom. The van der Waals surface area contributed by atoms with E-state index < -0.39 is 0 Å². The van der Waals surface area contributed by atoms with Crippen LogP contribution in [0, 0.1) is 6.92 Å². The molecule has 1 rings (SSSR count). The third-order valence-corrected chi connectivity index (χ3v) is 3.03. The fourth-order valence-electron chi connectivity index (χ4n) is 1.95. The summed E-state index contributed by atoms with van der Waals surface area (Å²) in [5.41, 5.74) is 1.87. The second-order valence-electron chi connectivity index (χ2n) is 4.61. The van der Waals surface area contributed by atoms with Crippen LogP contribution < -0.4 is 5.32 Å². The number of aromatic hydroxyl groups is 1. The lowest BCUT2D eigenvalue weighted by atomic mass is 10.0. The Bertz CT molecular complexity index is 368. The number of nitrogens with one attached hydrogen (secondary N) is 1. The molecule has 2 atom stereocenters. The Balaban J connectivity index is 2.65. The van der Waals surface area contributed by atoms with Crippen molar-refractivity contribution in [3.63, 3.8) is 0 Å². The molecule has 0 fully saturated rings. The molecule has 3 N–H and O–H groups in total. The third kappa shape index (κ3) is 4.29. The van der Waals surface area contributed by atoms with Gasteiger partial charge in [-0.15, -0.1) is 0 Å². The van der Waals surface area contributed by atoms with E-state index in [2.05, 4.69) is 5.32 Å². The molecule has 1 aromatic rings.